The molecule has 2 aromatic carbocycles. The van der Waals surface area contributed by atoms with E-state index in [1.807, 2.05) is 0 Å². The molecule has 114 valence electrons. The summed E-state index contributed by atoms with van der Waals surface area (Å²) in [5, 5.41) is 16.7. The zero-order valence-electron chi connectivity index (χ0n) is 11.8. The van der Waals surface area contributed by atoms with Crippen molar-refractivity contribution in [1.82, 2.24) is 10.1 Å². The fraction of sp³-hybridized carbons (Fsp3) is 0.0625. The van der Waals surface area contributed by atoms with E-state index in [4.69, 9.17) is 33.0 Å². The lowest BCUT2D eigenvalue weighted by molar-refractivity contribution is 0.386. The van der Waals surface area contributed by atoms with Crippen LogP contribution in [0, 0.1) is 11.3 Å². The maximum Gasteiger partial charge on any atom is 0.267 e. The first-order chi connectivity index (χ1) is 11.2. The fourth-order valence-corrected chi connectivity index (χ4v) is 2.52. The molecule has 0 aliphatic heterocycles. The molecule has 0 aliphatic rings. The first-order valence-electron chi connectivity index (χ1n) is 6.68. The lowest BCUT2D eigenvalue weighted by Crippen LogP contribution is -1.94. The number of rotatable bonds is 4. The van der Waals surface area contributed by atoms with Gasteiger partial charge in [-0.15, -0.1) is 0 Å². The van der Waals surface area contributed by atoms with E-state index in [1.165, 1.54) is 0 Å². The largest absolute Gasteiger partial charge is 0.337 e. The van der Waals surface area contributed by atoms with Crippen molar-refractivity contribution in [2.75, 3.05) is 5.32 Å². The molecule has 0 radical (unpaired) electrons. The summed E-state index contributed by atoms with van der Waals surface area (Å²) in [6.07, 6.45) is 0.348. The van der Waals surface area contributed by atoms with Crippen LogP contribution in [0.4, 0.5) is 11.6 Å². The van der Waals surface area contributed by atoms with Gasteiger partial charge in [-0.1, -0.05) is 29.3 Å². The first-order valence-corrected chi connectivity index (χ1v) is 7.44. The molecule has 1 aromatic heterocycles. The molecule has 0 saturated carbocycles. The average molecular weight is 345 g/mol. The van der Waals surface area contributed by atoms with E-state index in [0.29, 0.717) is 33.9 Å². The normalized spacial score (nSPS) is 10.3. The Kier molecular flexibility index (Phi) is 4.47. The number of nitriles is 1. The number of hydrogen-bond acceptors (Lipinski definition) is 5. The fourth-order valence-electron chi connectivity index (χ4n) is 1.99. The maximum atomic E-state index is 8.77. The van der Waals surface area contributed by atoms with Crippen LogP contribution in [-0.2, 0) is 6.42 Å². The van der Waals surface area contributed by atoms with Crippen LogP contribution in [0.25, 0.3) is 0 Å². The van der Waals surface area contributed by atoms with Crippen LogP contribution in [0.2, 0.25) is 10.0 Å². The number of anilines is 2. The van der Waals surface area contributed by atoms with Gasteiger partial charge in [-0.25, -0.2) is 0 Å². The second-order valence-electron chi connectivity index (χ2n) is 4.70. The molecule has 3 rings (SSSR count). The van der Waals surface area contributed by atoms with Crippen molar-refractivity contribution in [1.29, 1.82) is 5.26 Å². The summed E-state index contributed by atoms with van der Waals surface area (Å²) >= 11 is 12.3. The highest BCUT2D eigenvalue weighted by Crippen LogP contribution is 2.26. The second-order valence-corrected chi connectivity index (χ2v) is 5.52. The summed E-state index contributed by atoms with van der Waals surface area (Å²) in [5.41, 5.74) is 2.08. The Morgan fingerprint density at radius 3 is 2.43 bits per heavy atom. The van der Waals surface area contributed by atoms with Gasteiger partial charge in [-0.05, 0) is 47.1 Å². The zero-order chi connectivity index (χ0) is 16.2. The van der Waals surface area contributed by atoms with Gasteiger partial charge in [-0.3, -0.25) is 0 Å². The van der Waals surface area contributed by atoms with Crippen molar-refractivity contribution in [2.45, 2.75) is 6.42 Å². The summed E-state index contributed by atoms with van der Waals surface area (Å²) < 4.78 is 5.20. The van der Waals surface area contributed by atoms with Crippen molar-refractivity contribution >= 4 is 34.8 Å². The lowest BCUT2D eigenvalue weighted by atomic mass is 10.1. The Hall–Kier alpha value is -2.55. The molecule has 7 heteroatoms. The van der Waals surface area contributed by atoms with Gasteiger partial charge in [0.2, 0.25) is 5.89 Å². The molecular formula is C16H10Cl2N4O. The Morgan fingerprint density at radius 1 is 1.09 bits per heavy atom. The molecule has 0 saturated heterocycles. The van der Waals surface area contributed by atoms with E-state index in [2.05, 4.69) is 21.5 Å². The Labute approximate surface area is 142 Å². The van der Waals surface area contributed by atoms with E-state index in [9.17, 15) is 0 Å². The van der Waals surface area contributed by atoms with E-state index >= 15 is 0 Å². The molecule has 5 nitrogen and oxygen atoms in total. The predicted molar refractivity (Wildman–Crippen MR) is 88.0 cm³/mol. The summed E-state index contributed by atoms with van der Waals surface area (Å²) in [4.78, 5) is 4.25. The molecule has 1 heterocycles. The molecule has 0 spiro atoms. The van der Waals surface area contributed by atoms with E-state index in [-0.39, 0.29) is 0 Å². The van der Waals surface area contributed by atoms with E-state index < -0.39 is 0 Å². The van der Waals surface area contributed by atoms with Crippen molar-refractivity contribution in [3.05, 3.63) is 69.5 Å². The van der Waals surface area contributed by atoms with Gasteiger partial charge >= 0.3 is 0 Å². The minimum Gasteiger partial charge on any atom is -0.337 e. The number of nitrogens with zero attached hydrogens (tertiary/aromatic N) is 3. The molecule has 0 aliphatic carbocycles. The molecule has 0 bridgehead atoms. The van der Waals surface area contributed by atoms with Crippen molar-refractivity contribution in [3.63, 3.8) is 0 Å². The van der Waals surface area contributed by atoms with Crippen LogP contribution in [0.15, 0.2) is 47.0 Å². The van der Waals surface area contributed by atoms with Gasteiger partial charge in [0.15, 0.2) is 0 Å². The standard InChI is InChI=1S/C16H10Cl2N4O/c17-13-2-1-3-14(18)12(13)8-15-21-16(22-23-15)20-11-6-4-10(9-19)5-7-11/h1-7H,8H2,(H,20,22). The van der Waals surface area contributed by atoms with Crippen molar-refractivity contribution in [2.24, 2.45) is 0 Å². The van der Waals surface area contributed by atoms with Gasteiger partial charge in [0.05, 0.1) is 18.1 Å². The highest BCUT2D eigenvalue weighted by molar-refractivity contribution is 6.36. The topological polar surface area (TPSA) is 74.7 Å². The van der Waals surface area contributed by atoms with Crippen LogP contribution >= 0.6 is 23.2 Å². The van der Waals surface area contributed by atoms with Gasteiger partial charge in [0, 0.05) is 15.7 Å². The first kappa shape index (κ1) is 15.3. The summed E-state index contributed by atoms with van der Waals surface area (Å²) in [5.74, 6) is 0.726. The second kappa shape index (κ2) is 6.69. The quantitative estimate of drug-likeness (QED) is 0.749. The Bertz CT molecular complexity index is 848. The van der Waals surface area contributed by atoms with Crippen molar-refractivity contribution in [3.8, 4) is 6.07 Å². The van der Waals surface area contributed by atoms with E-state index in [0.717, 1.165) is 11.3 Å². The summed E-state index contributed by atoms with van der Waals surface area (Å²) in [6, 6.07) is 14.3. The number of halogens is 2. The van der Waals surface area contributed by atoms with Crippen LogP contribution in [0.5, 0.6) is 0 Å². The van der Waals surface area contributed by atoms with Crippen LogP contribution in [0.1, 0.15) is 17.0 Å². The van der Waals surface area contributed by atoms with Crippen LogP contribution < -0.4 is 5.32 Å². The van der Waals surface area contributed by atoms with Gasteiger partial charge in [0.25, 0.3) is 5.95 Å². The van der Waals surface area contributed by atoms with Gasteiger partial charge in [0.1, 0.15) is 0 Å². The third kappa shape index (κ3) is 3.62. The monoisotopic (exact) mass is 344 g/mol. The third-order valence-corrected chi connectivity index (χ3v) is 3.84. The van der Waals surface area contributed by atoms with E-state index in [1.54, 1.807) is 42.5 Å². The molecule has 0 fully saturated rings. The zero-order valence-corrected chi connectivity index (χ0v) is 13.3. The number of aromatic nitrogens is 2. The minimum absolute atomic E-state index is 0.327. The molecule has 1 N–H and O–H groups in total. The molecule has 0 unspecified atom stereocenters. The Balaban J connectivity index is 1.74. The Morgan fingerprint density at radius 2 is 1.78 bits per heavy atom. The molecular weight excluding hydrogens is 335 g/mol. The smallest absolute Gasteiger partial charge is 0.267 e. The summed E-state index contributed by atoms with van der Waals surface area (Å²) in [7, 11) is 0. The van der Waals surface area contributed by atoms with Crippen LogP contribution in [0.3, 0.4) is 0 Å². The number of nitrogens with one attached hydrogen (secondary N) is 1. The van der Waals surface area contributed by atoms with Crippen molar-refractivity contribution < 1.29 is 4.52 Å². The van der Waals surface area contributed by atoms with Crippen LogP contribution in [-0.4, -0.2) is 10.1 Å². The average Bonchev–Trinajstić information content (AvgIpc) is 2.99. The lowest BCUT2D eigenvalue weighted by Gasteiger charge is -2.03. The SMILES string of the molecule is N#Cc1ccc(Nc2noc(Cc3c(Cl)cccc3Cl)n2)cc1. The summed E-state index contributed by atoms with van der Waals surface area (Å²) in [6.45, 7) is 0. The molecule has 3 aromatic rings. The van der Waals surface area contributed by atoms with Gasteiger partial charge in [-0.2, -0.15) is 10.2 Å². The number of hydrogen-bond donors (Lipinski definition) is 1. The highest BCUT2D eigenvalue weighted by atomic mass is 35.5. The maximum absolute atomic E-state index is 8.77. The predicted octanol–water partition coefficient (Wildman–Crippen LogP) is 4.58. The molecule has 23 heavy (non-hydrogen) atoms. The highest BCUT2D eigenvalue weighted by Gasteiger charge is 2.12. The number of benzene rings is 2. The molecule has 0 atom stereocenters. The molecule has 0 amide bonds. The minimum atomic E-state index is 0.327. The third-order valence-electron chi connectivity index (χ3n) is 3.13. The van der Waals surface area contributed by atoms with Gasteiger partial charge < -0.3 is 9.84 Å².